The molecule has 1 unspecified atom stereocenters. The summed E-state index contributed by atoms with van der Waals surface area (Å²) in [5.74, 6) is 0. The second kappa shape index (κ2) is 3.31. The van der Waals surface area contributed by atoms with Gasteiger partial charge in [-0.2, -0.15) is 0 Å². The number of carbonyl (C=O) groups is 1. The molecule has 0 radical (unpaired) electrons. The van der Waals surface area contributed by atoms with E-state index in [2.05, 4.69) is 5.32 Å². The van der Waals surface area contributed by atoms with Gasteiger partial charge in [0.05, 0.1) is 5.69 Å². The SMILES string of the molecule is CCN1C(=O)Nc2ccccc2C1O. The van der Waals surface area contributed by atoms with Gasteiger partial charge < -0.3 is 10.4 Å². The van der Waals surface area contributed by atoms with Gasteiger partial charge in [-0.15, -0.1) is 0 Å². The summed E-state index contributed by atoms with van der Waals surface area (Å²) >= 11 is 0. The zero-order valence-electron chi connectivity index (χ0n) is 7.90. The first-order chi connectivity index (χ1) is 6.74. The Kier molecular flexibility index (Phi) is 2.13. The molecule has 1 aliphatic heterocycles. The van der Waals surface area contributed by atoms with Gasteiger partial charge in [-0.1, -0.05) is 18.2 Å². The third-order valence-electron chi connectivity index (χ3n) is 2.38. The molecule has 0 aliphatic carbocycles. The first-order valence-electron chi connectivity index (χ1n) is 4.58. The van der Waals surface area contributed by atoms with E-state index in [0.717, 1.165) is 5.56 Å². The largest absolute Gasteiger partial charge is 0.369 e. The van der Waals surface area contributed by atoms with Gasteiger partial charge in [0, 0.05) is 12.1 Å². The third kappa shape index (κ3) is 1.24. The Labute approximate surface area is 82.2 Å². The molecule has 1 atom stereocenters. The van der Waals surface area contributed by atoms with Crippen molar-refractivity contribution in [1.29, 1.82) is 0 Å². The normalized spacial score (nSPS) is 20.3. The number of amides is 2. The van der Waals surface area contributed by atoms with Crippen molar-refractivity contribution >= 4 is 11.7 Å². The van der Waals surface area contributed by atoms with Crippen LogP contribution in [0.5, 0.6) is 0 Å². The van der Waals surface area contributed by atoms with Crippen molar-refractivity contribution in [2.45, 2.75) is 13.2 Å². The van der Waals surface area contributed by atoms with Crippen molar-refractivity contribution < 1.29 is 9.90 Å². The molecule has 74 valence electrons. The van der Waals surface area contributed by atoms with Crippen molar-refractivity contribution in [3.8, 4) is 0 Å². The van der Waals surface area contributed by atoms with Crippen LogP contribution >= 0.6 is 0 Å². The molecule has 4 nitrogen and oxygen atoms in total. The Hall–Kier alpha value is -1.55. The summed E-state index contributed by atoms with van der Waals surface area (Å²) in [6, 6.07) is 7.01. The molecular formula is C10H12N2O2. The summed E-state index contributed by atoms with van der Waals surface area (Å²) in [5, 5.41) is 12.6. The van der Waals surface area contributed by atoms with Crippen LogP contribution in [0.25, 0.3) is 0 Å². The Morgan fingerprint density at radius 3 is 2.93 bits per heavy atom. The minimum atomic E-state index is -0.829. The number of nitrogens with one attached hydrogen (secondary N) is 1. The van der Waals surface area contributed by atoms with Gasteiger partial charge >= 0.3 is 6.03 Å². The highest BCUT2D eigenvalue weighted by atomic mass is 16.3. The number of urea groups is 1. The number of hydrogen-bond donors (Lipinski definition) is 2. The summed E-state index contributed by atoms with van der Waals surface area (Å²) < 4.78 is 0. The number of para-hydroxylation sites is 1. The molecule has 0 bridgehead atoms. The van der Waals surface area contributed by atoms with Crippen LogP contribution in [0, 0.1) is 0 Å². The minimum Gasteiger partial charge on any atom is -0.369 e. The fraction of sp³-hybridized carbons (Fsp3) is 0.300. The number of hydrogen-bond acceptors (Lipinski definition) is 2. The van der Waals surface area contributed by atoms with Crippen LogP contribution in [-0.2, 0) is 0 Å². The third-order valence-corrected chi connectivity index (χ3v) is 2.38. The van der Waals surface area contributed by atoms with Gasteiger partial charge in [0.1, 0.15) is 0 Å². The second-order valence-electron chi connectivity index (χ2n) is 3.18. The first-order valence-corrected chi connectivity index (χ1v) is 4.58. The molecule has 0 saturated heterocycles. The van der Waals surface area contributed by atoms with Gasteiger partial charge in [0.25, 0.3) is 0 Å². The topological polar surface area (TPSA) is 52.6 Å². The quantitative estimate of drug-likeness (QED) is 0.709. The van der Waals surface area contributed by atoms with Crippen molar-refractivity contribution in [2.24, 2.45) is 0 Å². The zero-order valence-corrected chi connectivity index (χ0v) is 7.90. The van der Waals surface area contributed by atoms with E-state index in [1.807, 2.05) is 25.1 Å². The highest BCUT2D eigenvalue weighted by Gasteiger charge is 2.28. The van der Waals surface area contributed by atoms with Gasteiger partial charge in [0.15, 0.2) is 6.23 Å². The van der Waals surface area contributed by atoms with Crippen LogP contribution in [0.2, 0.25) is 0 Å². The van der Waals surface area contributed by atoms with Gasteiger partial charge in [-0.3, -0.25) is 4.90 Å². The number of aliphatic hydroxyl groups is 1. The lowest BCUT2D eigenvalue weighted by atomic mass is 10.1. The summed E-state index contributed by atoms with van der Waals surface area (Å²) in [6.45, 7) is 2.32. The minimum absolute atomic E-state index is 0.251. The van der Waals surface area contributed by atoms with Crippen molar-refractivity contribution in [2.75, 3.05) is 11.9 Å². The molecule has 14 heavy (non-hydrogen) atoms. The highest BCUT2D eigenvalue weighted by Crippen LogP contribution is 2.30. The fourth-order valence-corrected chi connectivity index (χ4v) is 1.62. The van der Waals surface area contributed by atoms with Crippen molar-refractivity contribution in [3.63, 3.8) is 0 Å². The number of fused-ring (bicyclic) bond motifs is 1. The van der Waals surface area contributed by atoms with E-state index >= 15 is 0 Å². The van der Waals surface area contributed by atoms with Crippen molar-refractivity contribution in [1.82, 2.24) is 4.90 Å². The molecule has 2 N–H and O–H groups in total. The van der Waals surface area contributed by atoms with E-state index in [9.17, 15) is 9.90 Å². The van der Waals surface area contributed by atoms with E-state index in [4.69, 9.17) is 0 Å². The Morgan fingerprint density at radius 1 is 1.50 bits per heavy atom. The number of carbonyl (C=O) groups excluding carboxylic acids is 1. The molecule has 1 heterocycles. The van der Waals surface area contributed by atoms with Gasteiger partial charge in [-0.05, 0) is 13.0 Å². The van der Waals surface area contributed by atoms with Crippen molar-refractivity contribution in [3.05, 3.63) is 29.8 Å². The van der Waals surface area contributed by atoms with E-state index in [0.29, 0.717) is 12.2 Å². The standard InChI is InChI=1S/C10H12N2O2/c1-2-12-9(13)7-5-3-4-6-8(7)11-10(12)14/h3-6,9,13H,2H2,1H3,(H,11,14). The lowest BCUT2D eigenvalue weighted by Gasteiger charge is -2.33. The average Bonchev–Trinajstić information content (AvgIpc) is 2.18. The number of aliphatic hydroxyl groups excluding tert-OH is 1. The zero-order chi connectivity index (χ0) is 10.1. The van der Waals surface area contributed by atoms with Gasteiger partial charge in [0.2, 0.25) is 0 Å². The van der Waals surface area contributed by atoms with Crippen LogP contribution in [-0.4, -0.2) is 22.6 Å². The monoisotopic (exact) mass is 192 g/mol. The molecule has 0 fully saturated rings. The predicted molar refractivity (Wildman–Crippen MR) is 52.8 cm³/mol. The number of rotatable bonds is 1. The molecule has 1 aromatic carbocycles. The van der Waals surface area contributed by atoms with Crippen LogP contribution in [0.15, 0.2) is 24.3 Å². The average molecular weight is 192 g/mol. The predicted octanol–water partition coefficient (Wildman–Crippen LogP) is 1.54. The molecule has 1 aromatic rings. The summed E-state index contributed by atoms with van der Waals surface area (Å²) in [4.78, 5) is 12.8. The maximum absolute atomic E-state index is 11.5. The Morgan fingerprint density at radius 2 is 2.21 bits per heavy atom. The lowest BCUT2D eigenvalue weighted by Crippen LogP contribution is -2.41. The van der Waals surface area contributed by atoms with Gasteiger partial charge in [-0.25, -0.2) is 4.79 Å². The van der Waals surface area contributed by atoms with Crippen LogP contribution in [0.4, 0.5) is 10.5 Å². The van der Waals surface area contributed by atoms with Crippen LogP contribution < -0.4 is 5.32 Å². The summed E-state index contributed by atoms with van der Waals surface area (Å²) in [7, 11) is 0. The molecule has 0 spiro atoms. The molecule has 4 heteroatoms. The van der Waals surface area contributed by atoms with E-state index in [1.165, 1.54) is 4.90 Å². The number of benzene rings is 1. The Balaban J connectivity index is 2.43. The highest BCUT2D eigenvalue weighted by molar-refractivity contribution is 5.92. The maximum Gasteiger partial charge on any atom is 0.324 e. The summed E-state index contributed by atoms with van der Waals surface area (Å²) in [6.07, 6.45) is -0.829. The second-order valence-corrected chi connectivity index (χ2v) is 3.18. The molecule has 1 aliphatic rings. The van der Waals surface area contributed by atoms with E-state index in [-0.39, 0.29) is 6.03 Å². The maximum atomic E-state index is 11.5. The fourth-order valence-electron chi connectivity index (χ4n) is 1.62. The molecule has 2 rings (SSSR count). The Bertz CT molecular complexity index is 365. The van der Waals surface area contributed by atoms with E-state index < -0.39 is 6.23 Å². The number of nitrogens with zero attached hydrogens (tertiary/aromatic N) is 1. The molecule has 0 aromatic heterocycles. The van der Waals surface area contributed by atoms with E-state index in [1.54, 1.807) is 6.07 Å². The summed E-state index contributed by atoms with van der Waals surface area (Å²) in [5.41, 5.74) is 1.43. The number of anilines is 1. The smallest absolute Gasteiger partial charge is 0.324 e. The molecular weight excluding hydrogens is 180 g/mol. The van der Waals surface area contributed by atoms with Crippen LogP contribution in [0.3, 0.4) is 0 Å². The first kappa shape index (κ1) is 9.02. The molecule has 2 amide bonds. The lowest BCUT2D eigenvalue weighted by molar-refractivity contribution is 0.0344. The molecule has 0 saturated carbocycles. The van der Waals surface area contributed by atoms with Crippen LogP contribution in [0.1, 0.15) is 18.7 Å².